The lowest BCUT2D eigenvalue weighted by Crippen LogP contribution is -2.28. The van der Waals surface area contributed by atoms with Gasteiger partial charge in [0.15, 0.2) is 6.10 Å². The SMILES string of the molecule is CCCCCCC/C=C\C/C=C\C/C=C\CCCCCCCCCCCCCCCCCCC(=O)OC(CO)COC(=O)CCCCCCCCCCCCCCCCCCCCCCCCCCCCCCCCCCCC. The van der Waals surface area contributed by atoms with Crippen molar-refractivity contribution >= 4 is 11.9 Å². The number of allylic oxidation sites excluding steroid dienone is 6. The van der Waals surface area contributed by atoms with Crippen molar-refractivity contribution in [3.05, 3.63) is 36.5 Å². The van der Waals surface area contributed by atoms with E-state index in [0.29, 0.717) is 12.8 Å². The molecule has 0 aromatic heterocycles. The molecule has 0 aliphatic carbocycles. The van der Waals surface area contributed by atoms with Gasteiger partial charge >= 0.3 is 11.9 Å². The summed E-state index contributed by atoms with van der Waals surface area (Å²) in [5.41, 5.74) is 0. The van der Waals surface area contributed by atoms with E-state index in [2.05, 4.69) is 50.3 Å². The van der Waals surface area contributed by atoms with Crippen LogP contribution in [0.4, 0.5) is 0 Å². The van der Waals surface area contributed by atoms with Gasteiger partial charge in [-0.2, -0.15) is 0 Å². The van der Waals surface area contributed by atoms with Crippen LogP contribution in [0, 0.1) is 0 Å². The Morgan fingerprint density at radius 1 is 0.291 bits per heavy atom. The molecule has 0 saturated carbocycles. The lowest BCUT2D eigenvalue weighted by molar-refractivity contribution is -0.161. The standard InChI is InChI=1S/C74H140O5/c1-3-5-7-9-11-13-15-17-19-21-23-25-27-29-31-33-35-36-37-39-40-42-44-46-48-50-52-54-56-58-60-62-64-66-68-73(76)78-71-72(70-75)79-74(77)69-67-65-63-61-59-57-55-53-51-49-47-45-43-41-38-34-32-30-28-26-24-22-20-18-16-14-12-10-8-6-4-2/h16,18,22,24,28,30,72,75H,3-15,17,19-21,23,25-27,29,31-71H2,1-2H3/b18-16-,24-22-,30-28-. The number of rotatable bonds is 68. The van der Waals surface area contributed by atoms with E-state index < -0.39 is 6.10 Å². The first-order valence-corrected chi connectivity index (χ1v) is 36.0. The number of ether oxygens (including phenoxy) is 2. The van der Waals surface area contributed by atoms with Crippen LogP contribution in [0.15, 0.2) is 36.5 Å². The summed E-state index contributed by atoms with van der Waals surface area (Å²) >= 11 is 0. The molecule has 0 radical (unpaired) electrons. The maximum Gasteiger partial charge on any atom is 0.306 e. The molecule has 1 unspecified atom stereocenters. The molecule has 5 heteroatoms. The number of aliphatic hydroxyl groups excluding tert-OH is 1. The maximum absolute atomic E-state index is 12.4. The van der Waals surface area contributed by atoms with E-state index in [1.165, 1.54) is 334 Å². The quantitative estimate of drug-likeness (QED) is 0.0373. The minimum Gasteiger partial charge on any atom is -0.462 e. The van der Waals surface area contributed by atoms with Crippen LogP contribution in [0.3, 0.4) is 0 Å². The Kier molecular flexibility index (Phi) is 68.7. The maximum atomic E-state index is 12.4. The van der Waals surface area contributed by atoms with Crippen molar-refractivity contribution in [2.75, 3.05) is 13.2 Å². The Labute approximate surface area is 495 Å². The van der Waals surface area contributed by atoms with Gasteiger partial charge in [0.1, 0.15) is 6.61 Å². The Hall–Kier alpha value is -1.88. The minimum atomic E-state index is -0.771. The van der Waals surface area contributed by atoms with Gasteiger partial charge in [-0.1, -0.05) is 378 Å². The molecule has 0 saturated heterocycles. The number of unbranched alkanes of at least 4 members (excludes halogenated alkanes) is 54. The van der Waals surface area contributed by atoms with E-state index in [9.17, 15) is 14.7 Å². The average Bonchev–Trinajstić information content (AvgIpc) is 3.45. The number of carbonyl (C=O) groups excluding carboxylic acids is 2. The molecule has 79 heavy (non-hydrogen) atoms. The molecule has 0 spiro atoms. The van der Waals surface area contributed by atoms with Crippen molar-refractivity contribution in [3.63, 3.8) is 0 Å². The number of aliphatic hydroxyl groups is 1. The largest absolute Gasteiger partial charge is 0.462 e. The fourth-order valence-corrected chi connectivity index (χ4v) is 11.3. The zero-order chi connectivity index (χ0) is 56.9. The predicted octanol–water partition coefficient (Wildman–Crippen LogP) is 24.9. The second-order valence-corrected chi connectivity index (χ2v) is 24.7. The Balaban J connectivity index is 3.38. The van der Waals surface area contributed by atoms with Crippen molar-refractivity contribution in [2.45, 2.75) is 412 Å². The second-order valence-electron chi connectivity index (χ2n) is 24.7. The lowest BCUT2D eigenvalue weighted by atomic mass is 10.0. The number of esters is 2. The molecular formula is C74H140O5. The number of carbonyl (C=O) groups is 2. The van der Waals surface area contributed by atoms with Gasteiger partial charge in [0.25, 0.3) is 0 Å². The molecule has 0 bridgehead atoms. The summed E-state index contributed by atoms with van der Waals surface area (Å²) in [6.07, 6.45) is 93.4. The van der Waals surface area contributed by atoms with Crippen LogP contribution in [-0.4, -0.2) is 36.4 Å². The van der Waals surface area contributed by atoms with Crippen LogP contribution in [0.2, 0.25) is 0 Å². The summed E-state index contributed by atoms with van der Waals surface area (Å²) in [6.45, 7) is 4.20. The van der Waals surface area contributed by atoms with Crippen molar-refractivity contribution in [1.82, 2.24) is 0 Å². The molecule has 0 aromatic carbocycles. The molecule has 0 fully saturated rings. The monoisotopic (exact) mass is 1110 g/mol. The molecule has 466 valence electrons. The van der Waals surface area contributed by atoms with Gasteiger partial charge in [-0.15, -0.1) is 0 Å². The highest BCUT2D eigenvalue weighted by atomic mass is 16.6. The normalized spacial score (nSPS) is 12.3. The van der Waals surface area contributed by atoms with Gasteiger partial charge in [-0.05, 0) is 51.4 Å². The second kappa shape index (κ2) is 70.4. The summed E-state index contributed by atoms with van der Waals surface area (Å²) in [6, 6.07) is 0. The van der Waals surface area contributed by atoms with Gasteiger partial charge in [0, 0.05) is 12.8 Å². The summed E-state index contributed by atoms with van der Waals surface area (Å²) in [5.74, 6) is -0.566. The van der Waals surface area contributed by atoms with Crippen molar-refractivity contribution < 1.29 is 24.2 Å². The molecule has 0 aliphatic heterocycles. The Morgan fingerprint density at radius 3 is 0.759 bits per heavy atom. The first kappa shape index (κ1) is 77.1. The summed E-state index contributed by atoms with van der Waals surface area (Å²) in [7, 11) is 0. The molecule has 0 rings (SSSR count). The summed E-state index contributed by atoms with van der Waals surface area (Å²) in [4.78, 5) is 24.7. The first-order chi connectivity index (χ1) is 39.1. The lowest BCUT2D eigenvalue weighted by Gasteiger charge is -2.15. The van der Waals surface area contributed by atoms with Gasteiger partial charge < -0.3 is 14.6 Å². The molecule has 1 N–H and O–H groups in total. The van der Waals surface area contributed by atoms with Crippen molar-refractivity contribution in [2.24, 2.45) is 0 Å². The highest BCUT2D eigenvalue weighted by molar-refractivity contribution is 5.70. The smallest absolute Gasteiger partial charge is 0.306 e. The Bertz CT molecular complexity index is 1260. The highest BCUT2D eigenvalue weighted by Gasteiger charge is 2.16. The number of hydrogen-bond donors (Lipinski definition) is 1. The molecule has 0 amide bonds. The third-order valence-electron chi connectivity index (χ3n) is 16.7. The van der Waals surface area contributed by atoms with Crippen LogP contribution in [0.25, 0.3) is 0 Å². The van der Waals surface area contributed by atoms with Crippen LogP contribution >= 0.6 is 0 Å². The van der Waals surface area contributed by atoms with Gasteiger partial charge in [-0.25, -0.2) is 0 Å². The number of hydrogen-bond acceptors (Lipinski definition) is 5. The van der Waals surface area contributed by atoms with Crippen LogP contribution in [0.5, 0.6) is 0 Å². The van der Waals surface area contributed by atoms with E-state index in [1.54, 1.807) is 0 Å². The zero-order valence-electron chi connectivity index (χ0n) is 53.7. The van der Waals surface area contributed by atoms with E-state index in [0.717, 1.165) is 44.9 Å². The van der Waals surface area contributed by atoms with Crippen molar-refractivity contribution in [1.29, 1.82) is 0 Å². The van der Waals surface area contributed by atoms with E-state index in [4.69, 9.17) is 9.47 Å². The summed E-state index contributed by atoms with van der Waals surface area (Å²) < 4.78 is 10.8. The molecule has 0 aliphatic rings. The average molecular weight is 1110 g/mol. The molecule has 0 heterocycles. The van der Waals surface area contributed by atoms with Gasteiger partial charge in [-0.3, -0.25) is 9.59 Å². The fraction of sp³-hybridized carbons (Fsp3) is 0.892. The van der Waals surface area contributed by atoms with E-state index in [-0.39, 0.29) is 25.2 Å². The van der Waals surface area contributed by atoms with E-state index >= 15 is 0 Å². The fourth-order valence-electron chi connectivity index (χ4n) is 11.3. The van der Waals surface area contributed by atoms with Gasteiger partial charge in [0.2, 0.25) is 0 Å². The minimum absolute atomic E-state index is 0.0596. The Morgan fingerprint density at radius 2 is 0.506 bits per heavy atom. The molecule has 1 atom stereocenters. The van der Waals surface area contributed by atoms with E-state index in [1.807, 2.05) is 0 Å². The van der Waals surface area contributed by atoms with Crippen LogP contribution in [0.1, 0.15) is 406 Å². The zero-order valence-corrected chi connectivity index (χ0v) is 53.7. The first-order valence-electron chi connectivity index (χ1n) is 36.0. The predicted molar refractivity (Wildman–Crippen MR) is 348 cm³/mol. The third kappa shape index (κ3) is 68.5. The third-order valence-corrected chi connectivity index (χ3v) is 16.7. The summed E-state index contributed by atoms with van der Waals surface area (Å²) in [5, 5.41) is 9.71. The topological polar surface area (TPSA) is 72.8 Å². The molecular weight excluding hydrogens is 969 g/mol. The highest BCUT2D eigenvalue weighted by Crippen LogP contribution is 2.19. The van der Waals surface area contributed by atoms with Crippen LogP contribution < -0.4 is 0 Å². The molecule has 5 nitrogen and oxygen atoms in total. The van der Waals surface area contributed by atoms with Crippen molar-refractivity contribution in [3.8, 4) is 0 Å². The van der Waals surface area contributed by atoms with Crippen LogP contribution in [-0.2, 0) is 19.1 Å². The van der Waals surface area contributed by atoms with Gasteiger partial charge in [0.05, 0.1) is 6.61 Å². The molecule has 0 aromatic rings.